The Morgan fingerprint density at radius 1 is 1.39 bits per heavy atom. The first-order valence-electron chi connectivity index (χ1n) is 6.97. The first kappa shape index (κ1) is 15.4. The van der Waals surface area contributed by atoms with Crippen LogP contribution in [-0.2, 0) is 19.5 Å². The molecule has 0 fully saturated rings. The van der Waals surface area contributed by atoms with Gasteiger partial charge in [-0.15, -0.1) is 0 Å². The number of aromatic nitrogens is 2. The van der Waals surface area contributed by atoms with Crippen LogP contribution in [0.15, 0.2) is 23.0 Å². The monoisotopic (exact) mass is 334 g/mol. The molecule has 1 aliphatic heterocycles. The van der Waals surface area contributed by atoms with Crippen molar-refractivity contribution in [2.45, 2.75) is 19.5 Å². The number of H-pyrrole nitrogens is 2. The number of nitrogens with zero attached hydrogens (tertiary/aromatic N) is 2. The van der Waals surface area contributed by atoms with Crippen LogP contribution in [0.1, 0.15) is 16.8 Å². The molecule has 0 amide bonds. The van der Waals surface area contributed by atoms with E-state index >= 15 is 0 Å². The lowest BCUT2D eigenvalue weighted by atomic mass is 10.1. The number of phenolic OH excluding ortho intramolecular Hbond substituents is 1. The van der Waals surface area contributed by atoms with E-state index in [0.29, 0.717) is 29.8 Å². The standard InChI is InChI=1S/C14H14N4O4S/c19-12-5-8(1-2-11(12)18(21)22)6-17-4-3-10-9(7-17)13(20)16-14(23)15-10/h1-2,5,19H,3-4,6-7H2,(H2,15,16,20,23). The van der Waals surface area contributed by atoms with Gasteiger partial charge in [-0.25, -0.2) is 0 Å². The predicted octanol–water partition coefficient (Wildman–Crippen LogP) is 1.60. The fraction of sp³-hybridized carbons (Fsp3) is 0.286. The molecule has 1 aliphatic rings. The Balaban J connectivity index is 1.80. The summed E-state index contributed by atoms with van der Waals surface area (Å²) >= 11 is 4.96. The third-order valence-corrected chi connectivity index (χ3v) is 4.04. The van der Waals surface area contributed by atoms with Gasteiger partial charge < -0.3 is 10.1 Å². The fourth-order valence-corrected chi connectivity index (χ4v) is 2.94. The molecule has 0 saturated heterocycles. The molecular weight excluding hydrogens is 320 g/mol. The number of rotatable bonds is 3. The number of nitro benzene ring substituents is 1. The molecule has 3 N–H and O–H groups in total. The molecule has 23 heavy (non-hydrogen) atoms. The molecule has 2 aromatic rings. The summed E-state index contributed by atoms with van der Waals surface area (Å²) in [6.45, 7) is 1.66. The molecule has 2 heterocycles. The van der Waals surface area contributed by atoms with Gasteiger partial charge in [-0.05, 0) is 23.8 Å². The highest BCUT2D eigenvalue weighted by molar-refractivity contribution is 7.71. The van der Waals surface area contributed by atoms with Crippen LogP contribution in [0.3, 0.4) is 0 Å². The highest BCUT2D eigenvalue weighted by Crippen LogP contribution is 2.27. The van der Waals surface area contributed by atoms with Crippen molar-refractivity contribution in [3.05, 3.63) is 60.3 Å². The number of aromatic hydroxyl groups is 1. The molecule has 8 nitrogen and oxygen atoms in total. The number of hydrogen-bond acceptors (Lipinski definition) is 6. The van der Waals surface area contributed by atoms with Gasteiger partial charge in [0, 0.05) is 37.8 Å². The molecular formula is C14H14N4O4S. The maximum absolute atomic E-state index is 12.0. The summed E-state index contributed by atoms with van der Waals surface area (Å²) in [6, 6.07) is 4.28. The zero-order valence-electron chi connectivity index (χ0n) is 12.0. The number of hydrogen-bond donors (Lipinski definition) is 3. The molecule has 0 aliphatic carbocycles. The van der Waals surface area contributed by atoms with Crippen molar-refractivity contribution in [3.63, 3.8) is 0 Å². The SMILES string of the molecule is O=c1[nH]c(=S)[nH]c2c1CN(Cc1ccc([N+](=O)[O-])c(O)c1)CC2. The molecule has 0 bridgehead atoms. The summed E-state index contributed by atoms with van der Waals surface area (Å²) in [5.74, 6) is -0.355. The minimum atomic E-state index is -0.627. The average molecular weight is 334 g/mol. The lowest BCUT2D eigenvalue weighted by molar-refractivity contribution is -0.385. The van der Waals surface area contributed by atoms with Crippen LogP contribution in [-0.4, -0.2) is 31.4 Å². The normalized spacial score (nSPS) is 14.4. The minimum Gasteiger partial charge on any atom is -0.502 e. The van der Waals surface area contributed by atoms with Crippen LogP contribution in [0.4, 0.5) is 5.69 Å². The second-order valence-electron chi connectivity index (χ2n) is 5.41. The smallest absolute Gasteiger partial charge is 0.310 e. The summed E-state index contributed by atoms with van der Waals surface area (Å²) in [7, 11) is 0. The first-order valence-corrected chi connectivity index (χ1v) is 7.38. The Hall–Kier alpha value is -2.52. The van der Waals surface area contributed by atoms with E-state index in [0.717, 1.165) is 17.8 Å². The van der Waals surface area contributed by atoms with Gasteiger partial charge in [-0.3, -0.25) is 24.8 Å². The Morgan fingerprint density at radius 3 is 2.87 bits per heavy atom. The topological polar surface area (TPSA) is 115 Å². The highest BCUT2D eigenvalue weighted by Gasteiger charge is 2.20. The molecule has 1 aromatic heterocycles. The van der Waals surface area contributed by atoms with Crippen LogP contribution >= 0.6 is 12.2 Å². The van der Waals surface area contributed by atoms with Gasteiger partial charge in [-0.2, -0.15) is 0 Å². The third kappa shape index (κ3) is 3.15. The summed E-state index contributed by atoms with van der Waals surface area (Å²) < 4.78 is 0.322. The average Bonchev–Trinajstić information content (AvgIpc) is 2.47. The van der Waals surface area contributed by atoms with Gasteiger partial charge in [0.15, 0.2) is 10.5 Å². The van der Waals surface area contributed by atoms with Gasteiger partial charge >= 0.3 is 5.69 Å². The number of fused-ring (bicyclic) bond motifs is 1. The molecule has 0 saturated carbocycles. The van der Waals surface area contributed by atoms with E-state index < -0.39 is 4.92 Å². The van der Waals surface area contributed by atoms with Crippen molar-refractivity contribution >= 4 is 17.9 Å². The summed E-state index contributed by atoms with van der Waals surface area (Å²) in [6.07, 6.45) is 0.669. The molecule has 0 radical (unpaired) electrons. The van der Waals surface area contributed by atoms with Gasteiger partial charge in [-0.1, -0.05) is 6.07 Å². The van der Waals surface area contributed by atoms with Gasteiger partial charge in [0.05, 0.1) is 10.5 Å². The van der Waals surface area contributed by atoms with Crippen LogP contribution in [0, 0.1) is 14.9 Å². The van der Waals surface area contributed by atoms with E-state index in [4.69, 9.17) is 12.2 Å². The van der Waals surface area contributed by atoms with Crippen LogP contribution in [0.2, 0.25) is 0 Å². The molecule has 0 unspecified atom stereocenters. The van der Waals surface area contributed by atoms with E-state index in [-0.39, 0.29) is 17.0 Å². The minimum absolute atomic E-state index is 0.194. The first-order chi connectivity index (χ1) is 10.9. The largest absolute Gasteiger partial charge is 0.502 e. The summed E-state index contributed by atoms with van der Waals surface area (Å²) in [5.41, 5.74) is 1.73. The van der Waals surface area contributed by atoms with Crippen LogP contribution < -0.4 is 5.56 Å². The zero-order chi connectivity index (χ0) is 16.6. The highest BCUT2D eigenvalue weighted by atomic mass is 32.1. The van der Waals surface area contributed by atoms with Gasteiger partial charge in [0.1, 0.15) is 0 Å². The number of phenols is 1. The number of benzene rings is 1. The van der Waals surface area contributed by atoms with Crippen molar-refractivity contribution in [1.82, 2.24) is 14.9 Å². The van der Waals surface area contributed by atoms with Crippen molar-refractivity contribution in [1.29, 1.82) is 0 Å². The predicted molar refractivity (Wildman–Crippen MR) is 84.8 cm³/mol. The maximum Gasteiger partial charge on any atom is 0.310 e. The van der Waals surface area contributed by atoms with Gasteiger partial charge in [0.25, 0.3) is 5.56 Å². The molecule has 1 aromatic carbocycles. The van der Waals surface area contributed by atoms with E-state index in [9.17, 15) is 20.0 Å². The molecule has 9 heteroatoms. The maximum atomic E-state index is 12.0. The Kier molecular flexibility index (Phi) is 3.97. The lowest BCUT2D eigenvalue weighted by Crippen LogP contribution is -2.35. The second kappa shape index (κ2) is 5.94. The fourth-order valence-electron chi connectivity index (χ4n) is 2.73. The molecule has 120 valence electrons. The Bertz CT molecular complexity index is 889. The zero-order valence-corrected chi connectivity index (χ0v) is 12.9. The van der Waals surface area contributed by atoms with Gasteiger partial charge in [0.2, 0.25) is 0 Å². The summed E-state index contributed by atoms with van der Waals surface area (Å²) in [5, 5.41) is 20.4. The number of nitrogens with one attached hydrogen (secondary N) is 2. The Morgan fingerprint density at radius 2 is 2.17 bits per heavy atom. The third-order valence-electron chi connectivity index (χ3n) is 3.83. The Labute approximate surface area is 135 Å². The van der Waals surface area contributed by atoms with Crippen LogP contribution in [0.25, 0.3) is 0 Å². The van der Waals surface area contributed by atoms with Crippen molar-refractivity contribution in [3.8, 4) is 5.75 Å². The van der Waals surface area contributed by atoms with Crippen LogP contribution in [0.5, 0.6) is 5.75 Å². The molecule has 3 rings (SSSR count). The second-order valence-corrected chi connectivity index (χ2v) is 5.81. The summed E-state index contributed by atoms with van der Waals surface area (Å²) in [4.78, 5) is 29.7. The number of nitro groups is 1. The lowest BCUT2D eigenvalue weighted by Gasteiger charge is -2.27. The van der Waals surface area contributed by atoms with Crippen molar-refractivity contribution in [2.24, 2.45) is 0 Å². The van der Waals surface area contributed by atoms with Crippen molar-refractivity contribution < 1.29 is 10.0 Å². The van der Waals surface area contributed by atoms with E-state index in [1.165, 1.54) is 12.1 Å². The number of aromatic amines is 2. The van der Waals surface area contributed by atoms with E-state index in [1.54, 1.807) is 6.07 Å². The molecule has 0 atom stereocenters. The van der Waals surface area contributed by atoms with E-state index in [2.05, 4.69) is 9.97 Å². The van der Waals surface area contributed by atoms with Crippen molar-refractivity contribution in [2.75, 3.05) is 6.54 Å². The quantitative estimate of drug-likeness (QED) is 0.446. The molecule has 0 spiro atoms. The van der Waals surface area contributed by atoms with E-state index in [1.807, 2.05) is 4.90 Å².